The summed E-state index contributed by atoms with van der Waals surface area (Å²) in [6, 6.07) is 7.15. The van der Waals surface area contributed by atoms with Crippen LogP contribution in [0.25, 0.3) is 11.3 Å². The normalized spacial score (nSPS) is 10.5. The lowest BCUT2D eigenvalue weighted by atomic mass is 10.1. The van der Waals surface area contributed by atoms with Gasteiger partial charge in [-0.25, -0.2) is 9.78 Å². The van der Waals surface area contributed by atoms with Crippen molar-refractivity contribution in [2.45, 2.75) is 13.8 Å². The first kappa shape index (κ1) is 17.2. The average Bonchev–Trinajstić information content (AvgIpc) is 3.24. The van der Waals surface area contributed by atoms with Crippen molar-refractivity contribution >= 4 is 39.7 Å². The molecule has 3 rings (SSSR count). The van der Waals surface area contributed by atoms with E-state index < -0.39 is 5.97 Å². The molecule has 0 aliphatic heterocycles. The third-order valence-corrected chi connectivity index (χ3v) is 4.73. The number of ether oxygens (including phenoxy) is 1. The highest BCUT2D eigenvalue weighted by Crippen LogP contribution is 2.23. The van der Waals surface area contributed by atoms with Crippen LogP contribution in [0.4, 0.5) is 5.13 Å². The number of thiazole rings is 1. The van der Waals surface area contributed by atoms with Gasteiger partial charge in [0.05, 0.1) is 17.3 Å². The lowest BCUT2D eigenvalue weighted by molar-refractivity contribution is 0.0525. The molecule has 2 aromatic heterocycles. The average molecular weight is 374 g/mol. The van der Waals surface area contributed by atoms with Crippen LogP contribution < -0.4 is 5.32 Å². The lowest BCUT2D eigenvalue weighted by Gasteiger charge is -2.03. The van der Waals surface area contributed by atoms with Gasteiger partial charge in [0.1, 0.15) is 0 Å². The van der Waals surface area contributed by atoms with E-state index in [-0.39, 0.29) is 22.7 Å². The molecule has 0 aliphatic carbocycles. The smallest absolute Gasteiger partial charge is 0.369 e. The number of nitrogens with zero attached hydrogens (tertiary/aromatic N) is 3. The fourth-order valence-electron chi connectivity index (χ4n) is 2.03. The third-order valence-electron chi connectivity index (χ3n) is 3.14. The molecule has 0 bridgehead atoms. The number of rotatable bonds is 5. The number of aryl methyl sites for hydroxylation is 1. The van der Waals surface area contributed by atoms with Crippen LogP contribution in [0.5, 0.6) is 0 Å². The minimum Gasteiger partial charge on any atom is -0.461 e. The van der Waals surface area contributed by atoms with E-state index in [1.165, 1.54) is 0 Å². The Hall–Kier alpha value is -2.65. The molecule has 1 amide bonds. The molecule has 0 radical (unpaired) electrons. The Bertz CT molecular complexity index is 920. The second kappa shape index (κ2) is 7.49. The van der Waals surface area contributed by atoms with Crippen molar-refractivity contribution in [1.82, 2.24) is 15.2 Å². The van der Waals surface area contributed by atoms with Gasteiger partial charge in [-0.1, -0.05) is 23.5 Å². The number of carbonyl (C=O) groups is 2. The molecule has 0 saturated heterocycles. The van der Waals surface area contributed by atoms with Crippen molar-refractivity contribution in [2.24, 2.45) is 0 Å². The summed E-state index contributed by atoms with van der Waals surface area (Å²) in [4.78, 5) is 28.4. The fourth-order valence-corrected chi connectivity index (χ4v) is 3.29. The van der Waals surface area contributed by atoms with E-state index in [9.17, 15) is 9.59 Å². The van der Waals surface area contributed by atoms with Crippen molar-refractivity contribution in [3.63, 3.8) is 0 Å². The number of carbonyl (C=O) groups excluding carboxylic acids is 2. The molecule has 0 atom stereocenters. The van der Waals surface area contributed by atoms with Gasteiger partial charge in [0, 0.05) is 16.5 Å². The predicted molar refractivity (Wildman–Crippen MR) is 96.1 cm³/mol. The quantitative estimate of drug-likeness (QED) is 0.688. The Kier molecular flexibility index (Phi) is 5.15. The summed E-state index contributed by atoms with van der Waals surface area (Å²) < 4.78 is 4.85. The summed E-state index contributed by atoms with van der Waals surface area (Å²) in [5, 5.41) is 13.4. The summed E-state index contributed by atoms with van der Waals surface area (Å²) >= 11 is 2.52. The van der Waals surface area contributed by atoms with Crippen LogP contribution in [0, 0.1) is 6.92 Å². The van der Waals surface area contributed by atoms with E-state index in [2.05, 4.69) is 20.5 Å². The van der Waals surface area contributed by atoms with Gasteiger partial charge in [0.15, 0.2) is 0 Å². The molecule has 25 heavy (non-hydrogen) atoms. The van der Waals surface area contributed by atoms with E-state index in [1.54, 1.807) is 36.5 Å². The zero-order chi connectivity index (χ0) is 17.8. The Morgan fingerprint density at radius 3 is 2.84 bits per heavy atom. The number of nitrogens with one attached hydrogen (secondary N) is 1. The largest absolute Gasteiger partial charge is 0.461 e. The zero-order valence-electron chi connectivity index (χ0n) is 13.5. The number of anilines is 1. The molecule has 128 valence electrons. The van der Waals surface area contributed by atoms with Gasteiger partial charge in [-0.15, -0.1) is 21.5 Å². The minimum atomic E-state index is -0.554. The first-order valence-corrected chi connectivity index (χ1v) is 9.11. The van der Waals surface area contributed by atoms with Crippen molar-refractivity contribution < 1.29 is 14.3 Å². The highest BCUT2D eigenvalue weighted by atomic mass is 32.1. The van der Waals surface area contributed by atoms with E-state index in [0.717, 1.165) is 27.6 Å². The number of benzene rings is 1. The van der Waals surface area contributed by atoms with Crippen molar-refractivity contribution in [2.75, 3.05) is 11.9 Å². The highest BCUT2D eigenvalue weighted by molar-refractivity contribution is 7.17. The standard InChI is InChI=1S/C16H14N4O3S2/c1-3-23-15(22)14-19-20-16(25-14)18-13(21)11-6-4-5-10(7-11)12-8-24-9(2)17-12/h4-8H,3H2,1-2H3,(H,18,20,21). The molecule has 1 aromatic carbocycles. The molecule has 0 fully saturated rings. The van der Waals surface area contributed by atoms with Gasteiger partial charge in [-0.3, -0.25) is 10.1 Å². The van der Waals surface area contributed by atoms with Crippen LogP contribution in [0.1, 0.15) is 32.1 Å². The van der Waals surface area contributed by atoms with Crippen molar-refractivity contribution in [3.05, 3.63) is 45.2 Å². The van der Waals surface area contributed by atoms with Crippen LogP contribution in [0.15, 0.2) is 29.6 Å². The molecule has 0 spiro atoms. The Balaban J connectivity index is 1.74. The summed E-state index contributed by atoms with van der Waals surface area (Å²) in [7, 11) is 0. The molecule has 0 saturated carbocycles. The molecular formula is C16H14N4O3S2. The first-order chi connectivity index (χ1) is 12.1. The van der Waals surface area contributed by atoms with Crippen LogP contribution >= 0.6 is 22.7 Å². The maximum atomic E-state index is 12.4. The lowest BCUT2D eigenvalue weighted by Crippen LogP contribution is -2.11. The Morgan fingerprint density at radius 2 is 2.12 bits per heavy atom. The zero-order valence-corrected chi connectivity index (χ0v) is 15.1. The molecular weight excluding hydrogens is 360 g/mol. The van der Waals surface area contributed by atoms with Gasteiger partial charge >= 0.3 is 5.97 Å². The number of hydrogen-bond donors (Lipinski definition) is 1. The first-order valence-electron chi connectivity index (χ1n) is 7.41. The summed E-state index contributed by atoms with van der Waals surface area (Å²) in [5.74, 6) is -0.887. The SMILES string of the molecule is CCOC(=O)c1nnc(NC(=O)c2cccc(-c3csc(C)n3)c2)s1. The molecule has 0 unspecified atom stereocenters. The second-order valence-corrected chi connectivity index (χ2v) is 6.96. The van der Waals surface area contributed by atoms with Crippen LogP contribution in [0.3, 0.4) is 0 Å². The maximum absolute atomic E-state index is 12.4. The van der Waals surface area contributed by atoms with E-state index in [1.807, 2.05) is 18.4 Å². The van der Waals surface area contributed by atoms with Gasteiger partial charge in [-0.05, 0) is 26.0 Å². The molecule has 3 aromatic rings. The molecule has 2 heterocycles. The number of esters is 1. The number of aromatic nitrogens is 3. The molecule has 7 nitrogen and oxygen atoms in total. The topological polar surface area (TPSA) is 94.1 Å². The molecule has 1 N–H and O–H groups in total. The summed E-state index contributed by atoms with van der Waals surface area (Å²) in [6.07, 6.45) is 0. The van der Waals surface area contributed by atoms with E-state index >= 15 is 0 Å². The second-order valence-electron chi connectivity index (χ2n) is 4.92. The Labute approximate surface area is 151 Å². The van der Waals surface area contributed by atoms with Gasteiger partial charge in [-0.2, -0.15) is 0 Å². The van der Waals surface area contributed by atoms with Gasteiger partial charge in [0.2, 0.25) is 10.1 Å². The summed E-state index contributed by atoms with van der Waals surface area (Å²) in [6.45, 7) is 3.89. The van der Waals surface area contributed by atoms with E-state index in [4.69, 9.17) is 4.74 Å². The van der Waals surface area contributed by atoms with Gasteiger partial charge in [0.25, 0.3) is 5.91 Å². The molecule has 0 aliphatic rings. The maximum Gasteiger partial charge on any atom is 0.369 e. The highest BCUT2D eigenvalue weighted by Gasteiger charge is 2.16. The third kappa shape index (κ3) is 4.06. The molecule has 9 heteroatoms. The fraction of sp³-hybridized carbons (Fsp3) is 0.188. The number of hydrogen-bond acceptors (Lipinski definition) is 8. The van der Waals surface area contributed by atoms with Crippen LogP contribution in [0.2, 0.25) is 0 Å². The van der Waals surface area contributed by atoms with Crippen LogP contribution in [-0.4, -0.2) is 33.7 Å². The minimum absolute atomic E-state index is 0.101. The monoisotopic (exact) mass is 374 g/mol. The van der Waals surface area contributed by atoms with Crippen LogP contribution in [-0.2, 0) is 4.74 Å². The van der Waals surface area contributed by atoms with Crippen molar-refractivity contribution in [3.8, 4) is 11.3 Å². The van der Waals surface area contributed by atoms with E-state index in [0.29, 0.717) is 5.56 Å². The van der Waals surface area contributed by atoms with Crippen molar-refractivity contribution in [1.29, 1.82) is 0 Å². The van der Waals surface area contributed by atoms with Gasteiger partial charge < -0.3 is 4.74 Å². The number of amides is 1. The predicted octanol–water partition coefficient (Wildman–Crippen LogP) is 3.40. The summed E-state index contributed by atoms with van der Waals surface area (Å²) in [5.41, 5.74) is 2.16. The Morgan fingerprint density at radius 1 is 1.28 bits per heavy atom.